The molecule has 0 aliphatic heterocycles. The second-order valence-electron chi connectivity index (χ2n) is 3.41. The van der Waals surface area contributed by atoms with Gasteiger partial charge in [-0.05, 0) is 19.3 Å². The van der Waals surface area contributed by atoms with Crippen molar-refractivity contribution >= 4 is 16.1 Å². The first kappa shape index (κ1) is 12.6. The lowest BCUT2D eigenvalue weighted by Gasteiger charge is -2.03. The first-order chi connectivity index (χ1) is 6.02. The molecule has 0 aliphatic rings. The first-order valence-electron chi connectivity index (χ1n) is 4.67. The number of rotatable bonds is 7. The van der Waals surface area contributed by atoms with Crippen LogP contribution in [0.25, 0.3) is 0 Å². The van der Waals surface area contributed by atoms with E-state index in [-0.39, 0.29) is 17.4 Å². The molecule has 0 aromatic rings. The normalized spacial score (nSPS) is 14.0. The maximum absolute atomic E-state index is 11.2. The molecular weight excluding hydrogens is 188 g/mol. The fourth-order valence-corrected chi connectivity index (χ4v) is 2.54. The van der Waals surface area contributed by atoms with Crippen LogP contribution in [0, 0.1) is 5.92 Å². The quantitative estimate of drug-likeness (QED) is 0.592. The number of sulfone groups is 1. The average Bonchev–Trinajstić information content (AvgIpc) is 2.03. The SMILES string of the molecule is CCCS(=O)(=O)CCCC(C)C=O. The van der Waals surface area contributed by atoms with Crippen molar-refractivity contribution in [3.63, 3.8) is 0 Å². The number of hydrogen-bond acceptors (Lipinski definition) is 3. The molecule has 4 heteroatoms. The highest BCUT2D eigenvalue weighted by Crippen LogP contribution is 2.05. The summed E-state index contributed by atoms with van der Waals surface area (Å²) in [5, 5.41) is 0. The van der Waals surface area contributed by atoms with Crippen molar-refractivity contribution in [2.75, 3.05) is 11.5 Å². The predicted octanol–water partition coefficient (Wildman–Crippen LogP) is 1.43. The maximum Gasteiger partial charge on any atom is 0.150 e. The van der Waals surface area contributed by atoms with Gasteiger partial charge in [0.1, 0.15) is 16.1 Å². The van der Waals surface area contributed by atoms with Gasteiger partial charge in [-0.2, -0.15) is 0 Å². The van der Waals surface area contributed by atoms with Gasteiger partial charge >= 0.3 is 0 Å². The third-order valence-electron chi connectivity index (χ3n) is 1.86. The third kappa shape index (κ3) is 6.75. The Kier molecular flexibility index (Phi) is 5.95. The van der Waals surface area contributed by atoms with Gasteiger partial charge in [-0.1, -0.05) is 13.8 Å². The van der Waals surface area contributed by atoms with Gasteiger partial charge in [0.05, 0.1) is 5.75 Å². The highest BCUT2D eigenvalue weighted by molar-refractivity contribution is 7.91. The zero-order chi connectivity index (χ0) is 10.3. The molecule has 0 fully saturated rings. The van der Waals surface area contributed by atoms with Crippen molar-refractivity contribution in [1.82, 2.24) is 0 Å². The van der Waals surface area contributed by atoms with Crippen LogP contribution in [-0.2, 0) is 14.6 Å². The summed E-state index contributed by atoms with van der Waals surface area (Å²) in [6.07, 6.45) is 2.81. The monoisotopic (exact) mass is 206 g/mol. The Hall–Kier alpha value is -0.380. The maximum atomic E-state index is 11.2. The van der Waals surface area contributed by atoms with Crippen molar-refractivity contribution < 1.29 is 13.2 Å². The van der Waals surface area contributed by atoms with Crippen LogP contribution < -0.4 is 0 Å². The molecule has 0 radical (unpaired) electrons. The van der Waals surface area contributed by atoms with Crippen molar-refractivity contribution in [1.29, 1.82) is 0 Å². The minimum absolute atomic E-state index is 0.0168. The molecule has 0 aromatic heterocycles. The Balaban J connectivity index is 3.70. The lowest BCUT2D eigenvalue weighted by molar-refractivity contribution is -0.110. The lowest BCUT2D eigenvalue weighted by atomic mass is 10.1. The Morgan fingerprint density at radius 1 is 1.31 bits per heavy atom. The molecule has 0 amide bonds. The van der Waals surface area contributed by atoms with Gasteiger partial charge in [0.2, 0.25) is 0 Å². The van der Waals surface area contributed by atoms with Gasteiger partial charge < -0.3 is 4.79 Å². The molecule has 0 heterocycles. The smallest absolute Gasteiger partial charge is 0.150 e. The molecule has 0 saturated heterocycles. The van der Waals surface area contributed by atoms with Crippen LogP contribution in [0.2, 0.25) is 0 Å². The Morgan fingerprint density at radius 2 is 1.92 bits per heavy atom. The largest absolute Gasteiger partial charge is 0.303 e. The summed E-state index contributed by atoms with van der Waals surface area (Å²) in [5.41, 5.74) is 0. The van der Waals surface area contributed by atoms with Gasteiger partial charge in [0.25, 0.3) is 0 Å². The zero-order valence-electron chi connectivity index (χ0n) is 8.32. The van der Waals surface area contributed by atoms with Gasteiger partial charge in [-0.15, -0.1) is 0 Å². The molecule has 13 heavy (non-hydrogen) atoms. The molecular formula is C9H18O3S. The fourth-order valence-electron chi connectivity index (χ4n) is 1.11. The van der Waals surface area contributed by atoms with Crippen LogP contribution in [0.15, 0.2) is 0 Å². The molecule has 0 saturated carbocycles. The summed E-state index contributed by atoms with van der Waals surface area (Å²) >= 11 is 0. The van der Waals surface area contributed by atoms with E-state index in [2.05, 4.69) is 0 Å². The van der Waals surface area contributed by atoms with E-state index in [1.54, 1.807) is 6.92 Å². The van der Waals surface area contributed by atoms with E-state index >= 15 is 0 Å². The van der Waals surface area contributed by atoms with E-state index in [1.807, 2.05) is 6.92 Å². The minimum atomic E-state index is -2.85. The van der Waals surface area contributed by atoms with E-state index in [9.17, 15) is 13.2 Å². The topological polar surface area (TPSA) is 51.2 Å². The van der Waals surface area contributed by atoms with E-state index in [4.69, 9.17) is 0 Å². The van der Waals surface area contributed by atoms with Crippen molar-refractivity contribution in [3.05, 3.63) is 0 Å². The van der Waals surface area contributed by atoms with Crippen molar-refractivity contribution in [2.45, 2.75) is 33.1 Å². The van der Waals surface area contributed by atoms with Crippen LogP contribution in [0.5, 0.6) is 0 Å². The van der Waals surface area contributed by atoms with Crippen LogP contribution in [0.3, 0.4) is 0 Å². The molecule has 78 valence electrons. The number of aldehydes is 1. The second-order valence-corrected chi connectivity index (χ2v) is 5.71. The summed E-state index contributed by atoms with van der Waals surface area (Å²) in [6, 6.07) is 0. The summed E-state index contributed by atoms with van der Waals surface area (Å²) in [7, 11) is -2.85. The van der Waals surface area contributed by atoms with Gasteiger partial charge in [-0.3, -0.25) is 0 Å². The van der Waals surface area contributed by atoms with Gasteiger partial charge in [0, 0.05) is 11.7 Å². The molecule has 1 atom stereocenters. The van der Waals surface area contributed by atoms with E-state index < -0.39 is 9.84 Å². The average molecular weight is 206 g/mol. The number of carbonyl (C=O) groups is 1. The molecule has 0 spiro atoms. The summed E-state index contributed by atoms with van der Waals surface area (Å²) in [6.45, 7) is 3.66. The van der Waals surface area contributed by atoms with Crippen LogP contribution in [0.4, 0.5) is 0 Å². The van der Waals surface area contributed by atoms with E-state index in [1.165, 1.54) is 0 Å². The molecule has 3 nitrogen and oxygen atoms in total. The number of hydrogen-bond donors (Lipinski definition) is 0. The summed E-state index contributed by atoms with van der Waals surface area (Å²) in [4.78, 5) is 10.2. The van der Waals surface area contributed by atoms with Crippen molar-refractivity contribution in [3.8, 4) is 0 Å². The highest BCUT2D eigenvalue weighted by atomic mass is 32.2. The Bertz CT molecular complexity index is 231. The second kappa shape index (κ2) is 6.13. The summed E-state index contributed by atoms with van der Waals surface area (Å²) < 4.78 is 22.4. The van der Waals surface area contributed by atoms with Crippen LogP contribution in [0.1, 0.15) is 33.1 Å². The highest BCUT2D eigenvalue weighted by Gasteiger charge is 2.09. The van der Waals surface area contributed by atoms with Crippen LogP contribution >= 0.6 is 0 Å². The predicted molar refractivity (Wildman–Crippen MR) is 53.4 cm³/mol. The summed E-state index contributed by atoms with van der Waals surface area (Å²) in [5.74, 6) is 0.471. The molecule has 0 aromatic carbocycles. The molecule has 0 rings (SSSR count). The molecule has 1 unspecified atom stereocenters. The first-order valence-corrected chi connectivity index (χ1v) is 6.49. The Morgan fingerprint density at radius 3 is 2.38 bits per heavy atom. The zero-order valence-corrected chi connectivity index (χ0v) is 9.14. The third-order valence-corrected chi connectivity index (χ3v) is 3.80. The minimum Gasteiger partial charge on any atom is -0.303 e. The van der Waals surface area contributed by atoms with Crippen LogP contribution in [-0.4, -0.2) is 26.2 Å². The lowest BCUT2D eigenvalue weighted by Crippen LogP contribution is -2.11. The number of carbonyl (C=O) groups excluding carboxylic acids is 1. The van der Waals surface area contributed by atoms with E-state index in [0.717, 1.165) is 6.29 Å². The molecule has 0 N–H and O–H groups in total. The van der Waals surface area contributed by atoms with Crippen molar-refractivity contribution in [2.24, 2.45) is 5.92 Å². The Labute approximate surface area is 80.4 Å². The van der Waals surface area contributed by atoms with Gasteiger partial charge in [0.15, 0.2) is 0 Å². The molecule has 0 bridgehead atoms. The fraction of sp³-hybridized carbons (Fsp3) is 0.889. The molecule has 0 aliphatic carbocycles. The van der Waals surface area contributed by atoms with E-state index in [0.29, 0.717) is 19.3 Å². The van der Waals surface area contributed by atoms with Gasteiger partial charge in [-0.25, -0.2) is 8.42 Å². The standard InChI is InChI=1S/C9H18O3S/c1-3-6-13(11,12)7-4-5-9(2)8-10/h8-9H,3-7H2,1-2H3.